The Morgan fingerprint density at radius 3 is 2.83 bits per heavy atom. The number of esters is 1. The molecule has 1 aromatic carbocycles. The molecule has 0 saturated carbocycles. The van der Waals surface area contributed by atoms with E-state index in [1.807, 2.05) is 31.2 Å². The van der Waals surface area contributed by atoms with E-state index in [1.165, 1.54) is 23.1 Å². The Morgan fingerprint density at radius 2 is 2.17 bits per heavy atom. The summed E-state index contributed by atoms with van der Waals surface area (Å²) in [5, 5.41) is 12.0. The molecule has 0 bridgehead atoms. The fraction of sp³-hybridized carbons (Fsp3) is 0.400. The molecule has 1 fully saturated rings. The Balaban J connectivity index is 1.53. The van der Waals surface area contributed by atoms with Gasteiger partial charge in [-0.05, 0) is 24.6 Å². The third kappa shape index (κ3) is 4.14. The van der Waals surface area contributed by atoms with Crippen molar-refractivity contribution in [3.8, 4) is 5.75 Å². The molecule has 0 amide bonds. The van der Waals surface area contributed by atoms with Crippen LogP contribution in [0.4, 0.5) is 5.13 Å². The van der Waals surface area contributed by atoms with E-state index in [-0.39, 0.29) is 17.3 Å². The van der Waals surface area contributed by atoms with E-state index in [2.05, 4.69) is 15.5 Å². The molecule has 2 aromatic rings. The number of hydrogen-bond donors (Lipinski definition) is 1. The summed E-state index contributed by atoms with van der Waals surface area (Å²) in [6.07, 6.45) is 0.707. The molecule has 122 valence electrons. The number of methoxy groups -OCH3 is 1. The van der Waals surface area contributed by atoms with Crippen molar-refractivity contribution in [2.45, 2.75) is 35.6 Å². The minimum absolute atomic E-state index is 0.0133. The average molecular weight is 351 g/mol. The lowest BCUT2D eigenvalue weighted by Crippen LogP contribution is -2.08. The summed E-state index contributed by atoms with van der Waals surface area (Å²) < 4.78 is 11.1. The number of rotatable bonds is 6. The Morgan fingerprint density at radius 1 is 1.39 bits per heavy atom. The van der Waals surface area contributed by atoms with E-state index in [9.17, 15) is 4.79 Å². The number of anilines is 1. The molecule has 0 aliphatic carbocycles. The predicted octanol–water partition coefficient (Wildman–Crippen LogP) is 2.95. The van der Waals surface area contributed by atoms with E-state index in [4.69, 9.17) is 9.47 Å². The topological polar surface area (TPSA) is 73.3 Å². The molecule has 6 nitrogen and oxygen atoms in total. The summed E-state index contributed by atoms with van der Waals surface area (Å²) in [6.45, 7) is 2.56. The zero-order valence-electron chi connectivity index (χ0n) is 12.8. The normalized spacial score (nSPS) is 20.3. The number of thioether (sulfide) groups is 1. The lowest BCUT2D eigenvalue weighted by atomic mass is 10.2. The highest BCUT2D eigenvalue weighted by Crippen LogP contribution is 2.34. The molecule has 23 heavy (non-hydrogen) atoms. The van der Waals surface area contributed by atoms with Gasteiger partial charge in [0.05, 0.1) is 7.11 Å². The standard InChI is InChI=1S/C15H17N3O3S2/c1-9-7-12(13(19)21-9)22-15-18-17-14(23-15)16-8-10-3-5-11(20-2)6-4-10/h3-6,9,12H,7-8H2,1-2H3,(H,16,17)/t9-,12-/m0/s1. The highest BCUT2D eigenvalue weighted by atomic mass is 32.2. The van der Waals surface area contributed by atoms with Gasteiger partial charge in [-0.2, -0.15) is 0 Å². The van der Waals surface area contributed by atoms with E-state index in [0.717, 1.165) is 27.2 Å². The molecule has 0 spiro atoms. The predicted molar refractivity (Wildman–Crippen MR) is 90.0 cm³/mol. The van der Waals surface area contributed by atoms with Gasteiger partial charge in [0, 0.05) is 13.0 Å². The van der Waals surface area contributed by atoms with Crippen LogP contribution in [0.25, 0.3) is 0 Å². The molecule has 0 unspecified atom stereocenters. The Bertz CT molecular complexity index is 675. The first-order valence-corrected chi connectivity index (χ1v) is 8.91. The third-order valence-corrected chi connectivity index (χ3v) is 5.55. The SMILES string of the molecule is COc1ccc(CNc2nnc(S[C@H]3C[C@H](C)OC3=O)s2)cc1. The zero-order chi connectivity index (χ0) is 16.2. The van der Waals surface area contributed by atoms with Gasteiger partial charge in [0.1, 0.15) is 17.1 Å². The number of nitrogens with zero attached hydrogens (tertiary/aromatic N) is 2. The molecule has 8 heteroatoms. The fourth-order valence-electron chi connectivity index (χ4n) is 2.19. The van der Waals surface area contributed by atoms with Crippen molar-refractivity contribution in [1.29, 1.82) is 0 Å². The van der Waals surface area contributed by atoms with E-state index >= 15 is 0 Å². The van der Waals surface area contributed by atoms with Gasteiger partial charge >= 0.3 is 5.97 Å². The van der Waals surface area contributed by atoms with E-state index in [1.54, 1.807) is 7.11 Å². The van der Waals surface area contributed by atoms with Crippen LogP contribution < -0.4 is 10.1 Å². The van der Waals surface area contributed by atoms with Crippen molar-refractivity contribution in [3.05, 3.63) is 29.8 Å². The van der Waals surface area contributed by atoms with Crippen LogP contribution in [0, 0.1) is 0 Å². The fourth-order valence-corrected chi connectivity index (χ4v) is 4.29. The second kappa shape index (κ2) is 7.18. The number of cyclic esters (lactones) is 1. The van der Waals surface area contributed by atoms with Crippen molar-refractivity contribution in [2.75, 3.05) is 12.4 Å². The summed E-state index contributed by atoms with van der Waals surface area (Å²) >= 11 is 2.87. The minimum Gasteiger partial charge on any atom is -0.497 e. The number of ether oxygens (including phenoxy) is 2. The lowest BCUT2D eigenvalue weighted by Gasteiger charge is -2.04. The first kappa shape index (κ1) is 16.1. The highest BCUT2D eigenvalue weighted by Gasteiger charge is 2.33. The molecule has 1 aromatic heterocycles. The molecular formula is C15H17N3O3S2. The lowest BCUT2D eigenvalue weighted by molar-refractivity contribution is -0.140. The quantitative estimate of drug-likeness (QED) is 0.802. The van der Waals surface area contributed by atoms with Crippen LogP contribution in [-0.2, 0) is 16.1 Å². The van der Waals surface area contributed by atoms with Crippen LogP contribution in [0.15, 0.2) is 28.6 Å². The second-order valence-electron chi connectivity index (χ2n) is 5.16. The van der Waals surface area contributed by atoms with Crippen molar-refractivity contribution in [3.63, 3.8) is 0 Å². The van der Waals surface area contributed by atoms with Crippen LogP contribution >= 0.6 is 23.1 Å². The van der Waals surface area contributed by atoms with Gasteiger partial charge in [-0.15, -0.1) is 10.2 Å². The summed E-state index contributed by atoms with van der Waals surface area (Å²) in [5.41, 5.74) is 1.13. The van der Waals surface area contributed by atoms with E-state index < -0.39 is 0 Å². The van der Waals surface area contributed by atoms with Gasteiger partial charge in [-0.3, -0.25) is 4.79 Å². The molecule has 2 heterocycles. The first-order valence-electron chi connectivity index (χ1n) is 7.21. The second-order valence-corrected chi connectivity index (χ2v) is 7.59. The maximum Gasteiger partial charge on any atom is 0.319 e. The molecule has 1 saturated heterocycles. The van der Waals surface area contributed by atoms with Crippen LogP contribution in [0.2, 0.25) is 0 Å². The minimum atomic E-state index is -0.174. The first-order chi connectivity index (χ1) is 11.1. The van der Waals surface area contributed by atoms with Gasteiger partial charge in [0.25, 0.3) is 0 Å². The average Bonchev–Trinajstić information content (AvgIpc) is 3.12. The summed E-state index contributed by atoms with van der Waals surface area (Å²) in [4.78, 5) is 11.6. The van der Waals surface area contributed by atoms with Crippen molar-refractivity contribution < 1.29 is 14.3 Å². The van der Waals surface area contributed by atoms with Crippen LogP contribution in [0.3, 0.4) is 0 Å². The van der Waals surface area contributed by atoms with Crippen molar-refractivity contribution in [1.82, 2.24) is 10.2 Å². The van der Waals surface area contributed by atoms with Crippen molar-refractivity contribution >= 4 is 34.2 Å². The number of hydrogen-bond acceptors (Lipinski definition) is 8. The Hall–Kier alpha value is -1.80. The summed E-state index contributed by atoms with van der Waals surface area (Å²) in [6, 6.07) is 7.84. The Kier molecular flexibility index (Phi) is 5.02. The van der Waals surface area contributed by atoms with Crippen LogP contribution in [-0.4, -0.2) is 34.6 Å². The third-order valence-electron chi connectivity index (χ3n) is 3.38. The van der Waals surface area contributed by atoms with Gasteiger partial charge < -0.3 is 14.8 Å². The molecule has 3 rings (SSSR count). The monoisotopic (exact) mass is 351 g/mol. The maximum absolute atomic E-state index is 11.6. The number of nitrogens with one attached hydrogen (secondary N) is 1. The van der Waals surface area contributed by atoms with Crippen LogP contribution in [0.1, 0.15) is 18.9 Å². The molecule has 1 aliphatic rings. The maximum atomic E-state index is 11.6. The number of aromatic nitrogens is 2. The van der Waals surface area contributed by atoms with Crippen LogP contribution in [0.5, 0.6) is 5.75 Å². The zero-order valence-corrected chi connectivity index (χ0v) is 14.4. The van der Waals surface area contributed by atoms with E-state index in [0.29, 0.717) is 6.54 Å². The number of carbonyl (C=O) groups is 1. The number of carbonyl (C=O) groups excluding carboxylic acids is 1. The van der Waals surface area contributed by atoms with Gasteiger partial charge in [0.15, 0.2) is 4.34 Å². The molecule has 1 N–H and O–H groups in total. The summed E-state index contributed by atoms with van der Waals surface area (Å²) in [7, 11) is 1.65. The largest absolute Gasteiger partial charge is 0.497 e. The molecule has 0 radical (unpaired) electrons. The molecule has 1 aliphatic heterocycles. The Labute approximate surface area is 142 Å². The molecular weight excluding hydrogens is 334 g/mol. The van der Waals surface area contributed by atoms with Gasteiger partial charge in [-0.25, -0.2) is 0 Å². The van der Waals surface area contributed by atoms with Gasteiger partial charge in [0.2, 0.25) is 5.13 Å². The summed E-state index contributed by atoms with van der Waals surface area (Å²) in [5.74, 6) is 0.673. The van der Waals surface area contributed by atoms with Gasteiger partial charge in [-0.1, -0.05) is 35.2 Å². The number of benzene rings is 1. The molecule has 2 atom stereocenters. The smallest absolute Gasteiger partial charge is 0.319 e. The highest BCUT2D eigenvalue weighted by molar-refractivity contribution is 8.02. The van der Waals surface area contributed by atoms with Crippen molar-refractivity contribution in [2.24, 2.45) is 0 Å².